The van der Waals surface area contributed by atoms with Gasteiger partial charge in [0.05, 0.1) is 6.10 Å². The van der Waals surface area contributed by atoms with Gasteiger partial charge in [0.2, 0.25) is 0 Å². The fraction of sp³-hybridized carbons (Fsp3) is 1.00. The Morgan fingerprint density at radius 2 is 1.22 bits per heavy atom. The largest absolute Gasteiger partial charge is 0.390 e. The molecule has 109 valence electrons. The zero-order valence-electron chi connectivity index (χ0n) is 12.5. The summed E-state index contributed by atoms with van der Waals surface area (Å²) in [4.78, 5) is 0. The first kappa shape index (κ1) is 17.9. The van der Waals surface area contributed by atoms with Crippen molar-refractivity contribution in [2.75, 3.05) is 0 Å². The molecule has 2 unspecified atom stereocenters. The minimum atomic E-state index is -0.755. The Kier molecular flexibility index (Phi) is 13.3. The summed E-state index contributed by atoms with van der Waals surface area (Å²) in [5, 5.41) is 21.1. The second kappa shape index (κ2) is 13.4. The molecule has 0 aliphatic heterocycles. The lowest BCUT2D eigenvalue weighted by molar-refractivity contribution is -0.0346. The summed E-state index contributed by atoms with van der Waals surface area (Å²) >= 11 is 0. The van der Waals surface area contributed by atoms with Gasteiger partial charge in [-0.1, -0.05) is 78.1 Å². The molecule has 1 radical (unpaired) electrons. The summed E-state index contributed by atoms with van der Waals surface area (Å²) in [7, 11) is 0. The molecule has 1 N–H and O–H groups in total. The van der Waals surface area contributed by atoms with Gasteiger partial charge in [-0.15, -0.1) is 0 Å². The van der Waals surface area contributed by atoms with Crippen LogP contribution in [-0.2, 0) is 5.11 Å². The molecule has 0 aromatic carbocycles. The van der Waals surface area contributed by atoms with Crippen molar-refractivity contribution >= 4 is 0 Å². The second-order valence-electron chi connectivity index (χ2n) is 5.51. The van der Waals surface area contributed by atoms with Gasteiger partial charge in [-0.3, -0.25) is 0 Å². The molecule has 0 bridgehead atoms. The van der Waals surface area contributed by atoms with E-state index in [0.717, 1.165) is 19.3 Å². The zero-order valence-corrected chi connectivity index (χ0v) is 12.5. The van der Waals surface area contributed by atoms with Crippen molar-refractivity contribution < 1.29 is 10.2 Å². The predicted octanol–water partition coefficient (Wildman–Crippen LogP) is 4.87. The highest BCUT2D eigenvalue weighted by atomic mass is 16.3. The maximum atomic E-state index is 11.6. The van der Waals surface area contributed by atoms with Crippen LogP contribution in [0.4, 0.5) is 0 Å². The number of aliphatic hydroxyl groups is 1. The molecule has 18 heavy (non-hydrogen) atoms. The molecule has 0 rings (SSSR count). The molecule has 0 aliphatic rings. The van der Waals surface area contributed by atoms with E-state index >= 15 is 0 Å². The number of rotatable bonds is 13. The van der Waals surface area contributed by atoms with Gasteiger partial charge in [-0.05, 0) is 12.8 Å². The van der Waals surface area contributed by atoms with Gasteiger partial charge < -0.3 is 5.11 Å². The Bertz CT molecular complexity index is 159. The normalized spacial score (nSPS) is 14.7. The van der Waals surface area contributed by atoms with Crippen LogP contribution < -0.4 is 0 Å². The van der Waals surface area contributed by atoms with E-state index in [-0.39, 0.29) is 0 Å². The first-order valence-corrected chi connectivity index (χ1v) is 8.06. The number of aliphatic hydroxyl groups excluding tert-OH is 1. The van der Waals surface area contributed by atoms with Crippen LogP contribution in [-0.4, -0.2) is 17.3 Å². The SMILES string of the molecule is CCCCCCCCCCCC([O])C(O)CCC. The van der Waals surface area contributed by atoms with Gasteiger partial charge in [-0.25, -0.2) is 5.11 Å². The van der Waals surface area contributed by atoms with Gasteiger partial charge in [0, 0.05) is 0 Å². The second-order valence-corrected chi connectivity index (χ2v) is 5.51. The topological polar surface area (TPSA) is 40.1 Å². The third-order valence-electron chi connectivity index (χ3n) is 3.61. The highest BCUT2D eigenvalue weighted by Gasteiger charge is 2.15. The molecular formula is C16H33O2. The summed E-state index contributed by atoms with van der Waals surface area (Å²) in [6.07, 6.45) is 12.3. The molecule has 0 aliphatic carbocycles. The van der Waals surface area contributed by atoms with Crippen LogP contribution in [0.1, 0.15) is 90.9 Å². The molecule has 0 saturated heterocycles. The van der Waals surface area contributed by atoms with Crippen molar-refractivity contribution in [2.45, 2.75) is 103 Å². The number of hydrogen-bond acceptors (Lipinski definition) is 1. The lowest BCUT2D eigenvalue weighted by atomic mass is 10.0. The van der Waals surface area contributed by atoms with E-state index in [1.54, 1.807) is 0 Å². The lowest BCUT2D eigenvalue weighted by Crippen LogP contribution is -2.24. The lowest BCUT2D eigenvalue weighted by Gasteiger charge is -2.14. The fourth-order valence-corrected chi connectivity index (χ4v) is 2.33. The van der Waals surface area contributed by atoms with Crippen molar-refractivity contribution in [2.24, 2.45) is 0 Å². The summed E-state index contributed by atoms with van der Waals surface area (Å²) < 4.78 is 0. The van der Waals surface area contributed by atoms with Gasteiger partial charge in [-0.2, -0.15) is 0 Å². The summed E-state index contributed by atoms with van der Waals surface area (Å²) in [5.74, 6) is 0. The van der Waals surface area contributed by atoms with Crippen molar-refractivity contribution in [1.29, 1.82) is 0 Å². The average Bonchev–Trinajstić information content (AvgIpc) is 2.36. The number of unbranched alkanes of at least 4 members (excludes halogenated alkanes) is 8. The number of hydrogen-bond donors (Lipinski definition) is 1. The molecular weight excluding hydrogens is 224 g/mol. The van der Waals surface area contributed by atoms with E-state index in [0.29, 0.717) is 12.8 Å². The zero-order chi connectivity index (χ0) is 13.6. The van der Waals surface area contributed by atoms with Crippen LogP contribution >= 0.6 is 0 Å². The minimum absolute atomic E-state index is 0.621. The summed E-state index contributed by atoms with van der Waals surface area (Å²) in [5.41, 5.74) is 0. The Balaban J connectivity index is 3.19. The van der Waals surface area contributed by atoms with E-state index in [1.807, 2.05) is 6.92 Å². The highest BCUT2D eigenvalue weighted by Crippen LogP contribution is 2.14. The van der Waals surface area contributed by atoms with Crippen LogP contribution in [0.25, 0.3) is 0 Å². The fourth-order valence-electron chi connectivity index (χ4n) is 2.33. The Labute approximate surface area is 114 Å². The van der Waals surface area contributed by atoms with E-state index in [1.165, 1.54) is 44.9 Å². The predicted molar refractivity (Wildman–Crippen MR) is 77.2 cm³/mol. The average molecular weight is 257 g/mol. The van der Waals surface area contributed by atoms with E-state index in [9.17, 15) is 10.2 Å². The maximum Gasteiger partial charge on any atom is 0.119 e. The molecule has 0 aromatic heterocycles. The Morgan fingerprint density at radius 3 is 1.72 bits per heavy atom. The first-order valence-electron chi connectivity index (χ1n) is 8.06. The smallest absolute Gasteiger partial charge is 0.119 e. The molecule has 2 atom stereocenters. The Morgan fingerprint density at radius 1 is 0.722 bits per heavy atom. The third-order valence-corrected chi connectivity index (χ3v) is 3.61. The maximum absolute atomic E-state index is 11.6. The van der Waals surface area contributed by atoms with Crippen molar-refractivity contribution in [3.63, 3.8) is 0 Å². The Hall–Kier alpha value is -0.0800. The minimum Gasteiger partial charge on any atom is -0.390 e. The molecule has 0 saturated carbocycles. The summed E-state index contributed by atoms with van der Waals surface area (Å²) in [6, 6.07) is 0. The molecule has 2 nitrogen and oxygen atoms in total. The molecule has 0 heterocycles. The van der Waals surface area contributed by atoms with Crippen molar-refractivity contribution in [3.05, 3.63) is 0 Å². The summed E-state index contributed by atoms with van der Waals surface area (Å²) in [6.45, 7) is 4.25. The van der Waals surface area contributed by atoms with Gasteiger partial charge in [0.15, 0.2) is 0 Å². The van der Waals surface area contributed by atoms with Crippen LogP contribution in [0.15, 0.2) is 0 Å². The molecule has 0 amide bonds. The van der Waals surface area contributed by atoms with E-state index in [4.69, 9.17) is 0 Å². The highest BCUT2D eigenvalue weighted by molar-refractivity contribution is 4.66. The van der Waals surface area contributed by atoms with Crippen LogP contribution in [0.2, 0.25) is 0 Å². The monoisotopic (exact) mass is 257 g/mol. The van der Waals surface area contributed by atoms with Gasteiger partial charge in [0.25, 0.3) is 0 Å². The van der Waals surface area contributed by atoms with Gasteiger partial charge in [0.1, 0.15) is 6.10 Å². The molecule has 0 spiro atoms. The quantitative estimate of drug-likeness (QED) is 0.470. The van der Waals surface area contributed by atoms with Crippen LogP contribution in [0, 0.1) is 0 Å². The van der Waals surface area contributed by atoms with E-state index < -0.39 is 12.2 Å². The van der Waals surface area contributed by atoms with Crippen LogP contribution in [0.5, 0.6) is 0 Å². The van der Waals surface area contributed by atoms with Gasteiger partial charge >= 0.3 is 0 Å². The molecule has 2 heteroatoms. The standard InChI is InChI=1S/C16H33O2/c1-3-5-6-7-8-9-10-11-12-14-16(18)15(17)13-4-2/h15-17H,3-14H2,1-2H3. The molecule has 0 aromatic rings. The molecule has 0 fully saturated rings. The third kappa shape index (κ3) is 11.0. The van der Waals surface area contributed by atoms with Crippen molar-refractivity contribution in [3.8, 4) is 0 Å². The van der Waals surface area contributed by atoms with Crippen LogP contribution in [0.3, 0.4) is 0 Å². The van der Waals surface area contributed by atoms with Crippen molar-refractivity contribution in [1.82, 2.24) is 0 Å². The first-order chi connectivity index (χ1) is 8.72. The van der Waals surface area contributed by atoms with E-state index in [2.05, 4.69) is 6.92 Å².